The van der Waals surface area contributed by atoms with E-state index < -0.39 is 0 Å². The maximum Gasteiger partial charge on any atom is 0.221 e. The molecule has 144 valence electrons. The minimum atomic E-state index is 0.218. The fraction of sp³-hybridized carbons (Fsp3) is 0.952. The highest BCUT2D eigenvalue weighted by molar-refractivity contribution is 5.76. The van der Waals surface area contributed by atoms with Crippen molar-refractivity contribution in [1.29, 1.82) is 0 Å². The van der Waals surface area contributed by atoms with Crippen LogP contribution in [0.2, 0.25) is 0 Å². The van der Waals surface area contributed by atoms with E-state index in [0.717, 1.165) is 38.8 Å². The SMILES string of the molecule is CCCCCCCCCCCC(=O)NC(CC)N(CCC)CCC. The van der Waals surface area contributed by atoms with Crippen molar-refractivity contribution in [2.45, 2.75) is 117 Å². The Balaban J connectivity index is 3.78. The molecule has 3 heteroatoms. The molecule has 0 saturated carbocycles. The molecular weight excluding hydrogens is 296 g/mol. The molecule has 0 spiro atoms. The Kier molecular flexibility index (Phi) is 16.8. The van der Waals surface area contributed by atoms with Crippen LogP contribution in [0.15, 0.2) is 0 Å². The standard InChI is InChI=1S/C21H44N2O/c1-5-9-10-11-12-13-14-15-16-17-21(24)22-20(8-4)23(18-6-2)19-7-3/h20H,5-19H2,1-4H3,(H,22,24). The van der Waals surface area contributed by atoms with E-state index in [2.05, 4.69) is 37.9 Å². The van der Waals surface area contributed by atoms with Crippen LogP contribution >= 0.6 is 0 Å². The Hall–Kier alpha value is -0.570. The highest BCUT2D eigenvalue weighted by atomic mass is 16.1. The zero-order valence-electron chi connectivity index (χ0n) is 17.0. The second-order valence-electron chi connectivity index (χ2n) is 7.11. The van der Waals surface area contributed by atoms with Crippen molar-refractivity contribution in [3.8, 4) is 0 Å². The van der Waals surface area contributed by atoms with Crippen molar-refractivity contribution in [3.63, 3.8) is 0 Å². The Morgan fingerprint density at radius 3 is 1.71 bits per heavy atom. The van der Waals surface area contributed by atoms with E-state index in [-0.39, 0.29) is 12.1 Å². The van der Waals surface area contributed by atoms with Crippen molar-refractivity contribution in [1.82, 2.24) is 10.2 Å². The molecule has 0 rings (SSSR count). The number of unbranched alkanes of at least 4 members (excludes halogenated alkanes) is 8. The van der Waals surface area contributed by atoms with Gasteiger partial charge in [0, 0.05) is 6.42 Å². The van der Waals surface area contributed by atoms with Crippen LogP contribution in [0.25, 0.3) is 0 Å². The summed E-state index contributed by atoms with van der Waals surface area (Å²) in [6.45, 7) is 11.0. The normalized spacial score (nSPS) is 12.5. The lowest BCUT2D eigenvalue weighted by Crippen LogP contribution is -2.48. The van der Waals surface area contributed by atoms with Gasteiger partial charge in [0.2, 0.25) is 5.91 Å². The molecule has 0 saturated heterocycles. The first kappa shape index (κ1) is 23.4. The second kappa shape index (κ2) is 17.3. The van der Waals surface area contributed by atoms with Gasteiger partial charge in [0.25, 0.3) is 0 Å². The zero-order valence-corrected chi connectivity index (χ0v) is 17.0. The number of carbonyl (C=O) groups is 1. The molecule has 24 heavy (non-hydrogen) atoms. The Morgan fingerprint density at radius 1 is 0.750 bits per heavy atom. The molecule has 0 aromatic heterocycles. The highest BCUT2D eigenvalue weighted by Gasteiger charge is 2.17. The molecule has 0 aromatic carbocycles. The Labute approximate surface area is 152 Å². The van der Waals surface area contributed by atoms with Gasteiger partial charge in [-0.3, -0.25) is 9.69 Å². The van der Waals surface area contributed by atoms with E-state index in [1.165, 1.54) is 51.4 Å². The van der Waals surface area contributed by atoms with Crippen LogP contribution in [0.1, 0.15) is 111 Å². The molecular formula is C21H44N2O. The summed E-state index contributed by atoms with van der Waals surface area (Å²) in [6, 6.07) is 0. The van der Waals surface area contributed by atoms with Crippen molar-refractivity contribution in [3.05, 3.63) is 0 Å². The van der Waals surface area contributed by atoms with Crippen molar-refractivity contribution < 1.29 is 4.79 Å². The monoisotopic (exact) mass is 340 g/mol. The van der Waals surface area contributed by atoms with Crippen LogP contribution in [0, 0.1) is 0 Å². The van der Waals surface area contributed by atoms with Gasteiger partial charge < -0.3 is 5.32 Å². The van der Waals surface area contributed by atoms with Gasteiger partial charge in [0.05, 0.1) is 6.17 Å². The number of nitrogens with one attached hydrogen (secondary N) is 1. The number of rotatable bonds is 17. The predicted octanol–water partition coefficient (Wildman–Crippen LogP) is 5.88. The number of amides is 1. The van der Waals surface area contributed by atoms with Crippen LogP contribution in [0.5, 0.6) is 0 Å². The summed E-state index contributed by atoms with van der Waals surface area (Å²) in [7, 11) is 0. The van der Waals surface area contributed by atoms with Crippen molar-refractivity contribution in [2.24, 2.45) is 0 Å². The first-order chi connectivity index (χ1) is 11.7. The van der Waals surface area contributed by atoms with E-state index in [1.54, 1.807) is 0 Å². The fourth-order valence-corrected chi connectivity index (χ4v) is 3.30. The molecule has 1 atom stereocenters. The molecule has 0 aliphatic rings. The quantitative estimate of drug-likeness (QED) is 0.265. The molecule has 0 aromatic rings. The first-order valence-electron chi connectivity index (χ1n) is 10.7. The number of nitrogens with zero attached hydrogens (tertiary/aromatic N) is 1. The molecule has 3 nitrogen and oxygen atoms in total. The molecule has 1 amide bonds. The lowest BCUT2D eigenvalue weighted by atomic mass is 10.1. The van der Waals surface area contributed by atoms with Crippen LogP contribution < -0.4 is 5.32 Å². The van der Waals surface area contributed by atoms with Gasteiger partial charge in [-0.05, 0) is 38.8 Å². The minimum absolute atomic E-state index is 0.218. The van der Waals surface area contributed by atoms with Gasteiger partial charge in [-0.25, -0.2) is 0 Å². The third-order valence-electron chi connectivity index (χ3n) is 4.68. The highest BCUT2D eigenvalue weighted by Crippen LogP contribution is 2.11. The number of hydrogen-bond acceptors (Lipinski definition) is 2. The molecule has 1 N–H and O–H groups in total. The van der Waals surface area contributed by atoms with Gasteiger partial charge in [-0.1, -0.05) is 79.1 Å². The van der Waals surface area contributed by atoms with Gasteiger partial charge in [-0.15, -0.1) is 0 Å². The zero-order chi connectivity index (χ0) is 18.0. The lowest BCUT2D eigenvalue weighted by molar-refractivity contribution is -0.123. The maximum atomic E-state index is 12.2. The summed E-state index contributed by atoms with van der Waals surface area (Å²) in [6.07, 6.45) is 15.9. The summed E-state index contributed by atoms with van der Waals surface area (Å²) in [5.74, 6) is 0.238. The van der Waals surface area contributed by atoms with Crippen LogP contribution in [0.4, 0.5) is 0 Å². The van der Waals surface area contributed by atoms with Gasteiger partial charge in [0.15, 0.2) is 0 Å². The second-order valence-corrected chi connectivity index (χ2v) is 7.11. The number of hydrogen-bond donors (Lipinski definition) is 1. The Morgan fingerprint density at radius 2 is 1.25 bits per heavy atom. The van der Waals surface area contributed by atoms with Gasteiger partial charge in [0.1, 0.15) is 0 Å². The lowest BCUT2D eigenvalue weighted by Gasteiger charge is -2.31. The smallest absolute Gasteiger partial charge is 0.221 e. The average molecular weight is 341 g/mol. The van der Waals surface area contributed by atoms with E-state index in [0.29, 0.717) is 6.42 Å². The minimum Gasteiger partial charge on any atom is -0.341 e. The van der Waals surface area contributed by atoms with Gasteiger partial charge in [-0.2, -0.15) is 0 Å². The Bertz CT molecular complexity index is 275. The molecule has 0 heterocycles. The van der Waals surface area contributed by atoms with Crippen LogP contribution in [-0.2, 0) is 4.79 Å². The summed E-state index contributed by atoms with van der Waals surface area (Å²) in [5, 5.41) is 3.25. The molecule has 0 aliphatic heterocycles. The molecule has 0 aliphatic carbocycles. The molecule has 0 bridgehead atoms. The third-order valence-corrected chi connectivity index (χ3v) is 4.68. The van der Waals surface area contributed by atoms with E-state index >= 15 is 0 Å². The maximum absolute atomic E-state index is 12.2. The van der Waals surface area contributed by atoms with Gasteiger partial charge >= 0.3 is 0 Å². The van der Waals surface area contributed by atoms with Crippen molar-refractivity contribution >= 4 is 5.91 Å². The topological polar surface area (TPSA) is 32.3 Å². The molecule has 1 unspecified atom stereocenters. The summed E-state index contributed by atoms with van der Waals surface area (Å²) >= 11 is 0. The largest absolute Gasteiger partial charge is 0.341 e. The summed E-state index contributed by atoms with van der Waals surface area (Å²) < 4.78 is 0. The molecule has 0 fully saturated rings. The van der Waals surface area contributed by atoms with Crippen LogP contribution in [-0.4, -0.2) is 30.1 Å². The van der Waals surface area contributed by atoms with Crippen LogP contribution in [0.3, 0.4) is 0 Å². The third kappa shape index (κ3) is 12.8. The van der Waals surface area contributed by atoms with E-state index in [1.807, 2.05) is 0 Å². The molecule has 0 radical (unpaired) electrons. The van der Waals surface area contributed by atoms with E-state index in [4.69, 9.17) is 0 Å². The fourth-order valence-electron chi connectivity index (χ4n) is 3.30. The van der Waals surface area contributed by atoms with Crippen molar-refractivity contribution in [2.75, 3.05) is 13.1 Å². The summed E-state index contributed by atoms with van der Waals surface area (Å²) in [4.78, 5) is 14.6. The predicted molar refractivity (Wildman–Crippen MR) is 106 cm³/mol. The average Bonchev–Trinajstić information content (AvgIpc) is 2.58. The summed E-state index contributed by atoms with van der Waals surface area (Å²) in [5.41, 5.74) is 0. The van der Waals surface area contributed by atoms with E-state index in [9.17, 15) is 4.79 Å². The number of carbonyl (C=O) groups excluding carboxylic acids is 1. The first-order valence-corrected chi connectivity index (χ1v) is 10.7.